The van der Waals surface area contributed by atoms with Gasteiger partial charge in [-0.3, -0.25) is 0 Å². The molecule has 0 amide bonds. The molecule has 1 heterocycles. The minimum Gasteiger partial charge on any atom is -0.389 e. The molecular formula is C12H20BrNO3S. The van der Waals surface area contributed by atoms with Crippen molar-refractivity contribution in [1.82, 2.24) is 5.32 Å². The molecule has 0 saturated heterocycles. The molecule has 0 aliphatic heterocycles. The minimum absolute atomic E-state index is 0.0103. The van der Waals surface area contributed by atoms with Crippen LogP contribution in [0.3, 0.4) is 0 Å². The molecule has 1 rings (SSSR count). The van der Waals surface area contributed by atoms with E-state index in [0.29, 0.717) is 19.8 Å². The highest BCUT2D eigenvalue weighted by molar-refractivity contribution is 9.10. The van der Waals surface area contributed by atoms with Gasteiger partial charge in [0.25, 0.3) is 0 Å². The first-order valence-electron chi connectivity index (χ1n) is 5.84. The second-order valence-electron chi connectivity index (χ2n) is 4.08. The second kappa shape index (κ2) is 9.01. The van der Waals surface area contributed by atoms with Crippen molar-refractivity contribution >= 4 is 27.3 Å². The van der Waals surface area contributed by atoms with E-state index < -0.39 is 6.10 Å². The van der Waals surface area contributed by atoms with Crippen LogP contribution < -0.4 is 5.32 Å². The van der Waals surface area contributed by atoms with E-state index in [1.165, 1.54) is 4.88 Å². The molecule has 0 bridgehead atoms. The van der Waals surface area contributed by atoms with Crippen molar-refractivity contribution in [3.05, 3.63) is 20.8 Å². The zero-order valence-electron chi connectivity index (χ0n) is 10.7. The van der Waals surface area contributed by atoms with E-state index in [-0.39, 0.29) is 6.10 Å². The van der Waals surface area contributed by atoms with Crippen LogP contribution >= 0.6 is 27.3 Å². The third kappa shape index (κ3) is 6.26. The predicted molar refractivity (Wildman–Crippen MR) is 77.0 cm³/mol. The summed E-state index contributed by atoms with van der Waals surface area (Å²) in [6.07, 6.45) is -0.487. The highest BCUT2D eigenvalue weighted by Crippen LogP contribution is 2.21. The topological polar surface area (TPSA) is 50.7 Å². The summed E-state index contributed by atoms with van der Waals surface area (Å²) >= 11 is 5.16. The fourth-order valence-electron chi connectivity index (χ4n) is 1.42. The van der Waals surface area contributed by atoms with Gasteiger partial charge in [-0.05, 0) is 34.3 Å². The molecule has 2 unspecified atom stereocenters. The maximum Gasteiger partial charge on any atom is 0.0897 e. The first kappa shape index (κ1) is 16.1. The molecule has 0 aromatic carbocycles. The Balaban J connectivity index is 2.10. The van der Waals surface area contributed by atoms with Crippen LogP contribution in [-0.2, 0) is 16.0 Å². The van der Waals surface area contributed by atoms with Gasteiger partial charge in [-0.2, -0.15) is 0 Å². The SMILES string of the molecule is COCC(C)OCC(O)CNCc1sccc1Br. The minimum atomic E-state index is -0.497. The van der Waals surface area contributed by atoms with E-state index in [1.807, 2.05) is 18.4 Å². The number of ether oxygens (including phenoxy) is 2. The summed E-state index contributed by atoms with van der Waals surface area (Å²) in [6, 6.07) is 2.02. The molecule has 18 heavy (non-hydrogen) atoms. The monoisotopic (exact) mass is 337 g/mol. The summed E-state index contributed by atoms with van der Waals surface area (Å²) in [5.41, 5.74) is 0. The largest absolute Gasteiger partial charge is 0.389 e. The van der Waals surface area contributed by atoms with Crippen LogP contribution in [0.5, 0.6) is 0 Å². The number of nitrogens with one attached hydrogen (secondary N) is 1. The van der Waals surface area contributed by atoms with Gasteiger partial charge in [-0.15, -0.1) is 11.3 Å². The summed E-state index contributed by atoms with van der Waals surface area (Å²) < 4.78 is 11.5. The molecule has 104 valence electrons. The van der Waals surface area contributed by atoms with Crippen molar-refractivity contribution in [2.24, 2.45) is 0 Å². The number of hydrogen-bond acceptors (Lipinski definition) is 5. The van der Waals surface area contributed by atoms with E-state index in [1.54, 1.807) is 18.4 Å². The molecule has 1 aromatic heterocycles. The maximum absolute atomic E-state index is 9.73. The summed E-state index contributed by atoms with van der Waals surface area (Å²) in [4.78, 5) is 1.23. The van der Waals surface area contributed by atoms with Crippen molar-refractivity contribution in [2.45, 2.75) is 25.7 Å². The Kier molecular flexibility index (Phi) is 8.05. The van der Waals surface area contributed by atoms with Crippen molar-refractivity contribution in [3.63, 3.8) is 0 Å². The van der Waals surface area contributed by atoms with E-state index in [0.717, 1.165) is 11.0 Å². The third-order valence-corrected chi connectivity index (χ3v) is 4.26. The lowest BCUT2D eigenvalue weighted by Gasteiger charge is -2.16. The Hall–Kier alpha value is 0.0200. The summed E-state index contributed by atoms with van der Waals surface area (Å²) in [7, 11) is 1.64. The van der Waals surface area contributed by atoms with Crippen LogP contribution in [0.25, 0.3) is 0 Å². The zero-order chi connectivity index (χ0) is 13.4. The fourth-order valence-corrected chi connectivity index (χ4v) is 2.88. The molecule has 6 heteroatoms. The number of halogens is 1. The normalized spacial score (nSPS) is 14.7. The van der Waals surface area contributed by atoms with Gasteiger partial charge in [0.05, 0.1) is 25.4 Å². The van der Waals surface area contributed by atoms with Crippen LogP contribution in [0.2, 0.25) is 0 Å². The van der Waals surface area contributed by atoms with Crippen LogP contribution in [0.1, 0.15) is 11.8 Å². The van der Waals surface area contributed by atoms with Crippen molar-refractivity contribution < 1.29 is 14.6 Å². The molecule has 0 radical (unpaired) electrons. The van der Waals surface area contributed by atoms with E-state index in [2.05, 4.69) is 21.2 Å². The van der Waals surface area contributed by atoms with Crippen LogP contribution in [0, 0.1) is 0 Å². The van der Waals surface area contributed by atoms with Gasteiger partial charge in [0, 0.05) is 29.5 Å². The van der Waals surface area contributed by atoms with Gasteiger partial charge in [0.15, 0.2) is 0 Å². The number of thiophene rings is 1. The molecule has 0 spiro atoms. The number of aliphatic hydroxyl groups excluding tert-OH is 1. The molecule has 0 aliphatic carbocycles. The van der Waals surface area contributed by atoms with Gasteiger partial charge >= 0.3 is 0 Å². The molecule has 1 aromatic rings. The molecule has 2 N–H and O–H groups in total. The summed E-state index contributed by atoms with van der Waals surface area (Å²) in [5, 5.41) is 15.0. The van der Waals surface area contributed by atoms with Crippen molar-refractivity contribution in [2.75, 3.05) is 26.9 Å². The lowest BCUT2D eigenvalue weighted by molar-refractivity contribution is -0.0311. The fraction of sp³-hybridized carbons (Fsp3) is 0.667. The summed E-state index contributed by atoms with van der Waals surface area (Å²) in [6.45, 7) is 4.06. The molecule has 0 saturated carbocycles. The first-order valence-corrected chi connectivity index (χ1v) is 7.52. The first-order chi connectivity index (χ1) is 8.63. The lowest BCUT2D eigenvalue weighted by Crippen LogP contribution is -2.32. The molecular weight excluding hydrogens is 318 g/mol. The third-order valence-electron chi connectivity index (χ3n) is 2.33. The smallest absolute Gasteiger partial charge is 0.0897 e. The highest BCUT2D eigenvalue weighted by Gasteiger charge is 2.08. The van der Waals surface area contributed by atoms with Gasteiger partial charge in [-0.1, -0.05) is 0 Å². The van der Waals surface area contributed by atoms with Crippen LogP contribution in [-0.4, -0.2) is 44.2 Å². The summed E-state index contributed by atoms with van der Waals surface area (Å²) in [5.74, 6) is 0. The van der Waals surface area contributed by atoms with Gasteiger partial charge < -0.3 is 19.9 Å². The number of hydrogen-bond donors (Lipinski definition) is 2. The van der Waals surface area contributed by atoms with Crippen molar-refractivity contribution in [1.29, 1.82) is 0 Å². The molecule has 0 aliphatic rings. The number of rotatable bonds is 9. The molecule has 0 fully saturated rings. The van der Waals surface area contributed by atoms with E-state index in [4.69, 9.17) is 9.47 Å². The Bertz CT molecular complexity index is 335. The molecule has 4 nitrogen and oxygen atoms in total. The average Bonchev–Trinajstić information content (AvgIpc) is 2.73. The molecule has 2 atom stereocenters. The Morgan fingerprint density at radius 2 is 2.28 bits per heavy atom. The Morgan fingerprint density at radius 3 is 2.89 bits per heavy atom. The van der Waals surface area contributed by atoms with Gasteiger partial charge in [0.2, 0.25) is 0 Å². The van der Waals surface area contributed by atoms with Crippen LogP contribution in [0.4, 0.5) is 0 Å². The van der Waals surface area contributed by atoms with Gasteiger partial charge in [0.1, 0.15) is 0 Å². The van der Waals surface area contributed by atoms with E-state index in [9.17, 15) is 5.11 Å². The Morgan fingerprint density at radius 1 is 1.50 bits per heavy atom. The van der Waals surface area contributed by atoms with Crippen LogP contribution in [0.15, 0.2) is 15.9 Å². The highest BCUT2D eigenvalue weighted by atomic mass is 79.9. The van der Waals surface area contributed by atoms with E-state index >= 15 is 0 Å². The standard InChI is InChI=1S/C12H20BrNO3S/c1-9(7-16-2)17-8-10(15)5-14-6-12-11(13)3-4-18-12/h3-4,9-10,14-15H,5-8H2,1-2H3. The lowest BCUT2D eigenvalue weighted by atomic mass is 10.3. The number of aliphatic hydroxyl groups is 1. The zero-order valence-corrected chi connectivity index (χ0v) is 13.1. The predicted octanol–water partition coefficient (Wildman–Crippen LogP) is 2.01. The maximum atomic E-state index is 9.73. The average molecular weight is 338 g/mol. The van der Waals surface area contributed by atoms with Gasteiger partial charge in [-0.25, -0.2) is 0 Å². The Labute approximate surface area is 120 Å². The van der Waals surface area contributed by atoms with Crippen molar-refractivity contribution in [3.8, 4) is 0 Å². The quantitative estimate of drug-likeness (QED) is 0.723. The number of methoxy groups -OCH3 is 1. The second-order valence-corrected chi connectivity index (χ2v) is 5.93.